The van der Waals surface area contributed by atoms with Crippen molar-refractivity contribution < 1.29 is 31.9 Å². The van der Waals surface area contributed by atoms with Crippen LogP contribution in [0.5, 0.6) is 11.5 Å². The highest BCUT2D eigenvalue weighted by Gasteiger charge is 2.35. The summed E-state index contributed by atoms with van der Waals surface area (Å²) in [6.45, 7) is 6.22. The standard InChI is InChI=1S/C28H26N2O8S2/c1-18(2)23-13-8-19(3)16-25(23)37-15-14-29-27(31)26(39-28(29)32)17-20-6-4-5-7-24(20)38-40(35,36)22-11-9-21(10-12-22)30(33)34/h4-13,16-18H,14-15H2,1-3H3/b26-17-. The third-order valence-corrected chi connectivity index (χ3v) is 8.13. The van der Waals surface area contributed by atoms with Gasteiger partial charge in [-0.15, -0.1) is 0 Å². The summed E-state index contributed by atoms with van der Waals surface area (Å²) in [5.74, 6) is 0.344. The van der Waals surface area contributed by atoms with E-state index in [2.05, 4.69) is 13.8 Å². The number of nitro groups is 1. The molecule has 1 heterocycles. The number of benzene rings is 3. The number of carbonyl (C=O) groups excluding carboxylic acids is 2. The van der Waals surface area contributed by atoms with Gasteiger partial charge in [0.1, 0.15) is 23.0 Å². The third kappa shape index (κ3) is 6.52. The molecule has 0 aromatic heterocycles. The minimum Gasteiger partial charge on any atom is -0.491 e. The Morgan fingerprint density at radius 1 is 1.02 bits per heavy atom. The largest absolute Gasteiger partial charge is 0.491 e. The van der Waals surface area contributed by atoms with Gasteiger partial charge in [0, 0.05) is 17.7 Å². The zero-order chi connectivity index (χ0) is 29.0. The van der Waals surface area contributed by atoms with Crippen LogP contribution in [-0.4, -0.2) is 42.5 Å². The number of hydrogen-bond donors (Lipinski definition) is 0. The van der Waals surface area contributed by atoms with Crippen LogP contribution in [-0.2, 0) is 14.9 Å². The second-order valence-corrected chi connectivity index (χ2v) is 11.7. The molecule has 0 atom stereocenters. The van der Waals surface area contributed by atoms with Crippen LogP contribution in [0.1, 0.15) is 36.5 Å². The van der Waals surface area contributed by atoms with Gasteiger partial charge in [0.15, 0.2) is 0 Å². The summed E-state index contributed by atoms with van der Waals surface area (Å²) < 4.78 is 36.8. The van der Waals surface area contributed by atoms with Crippen molar-refractivity contribution in [2.24, 2.45) is 0 Å². The monoisotopic (exact) mass is 582 g/mol. The summed E-state index contributed by atoms with van der Waals surface area (Å²) in [5, 5.41) is 10.4. The predicted octanol–water partition coefficient (Wildman–Crippen LogP) is 5.91. The second-order valence-electron chi connectivity index (χ2n) is 9.20. The van der Waals surface area contributed by atoms with E-state index in [1.165, 1.54) is 12.1 Å². The predicted molar refractivity (Wildman–Crippen MR) is 151 cm³/mol. The van der Waals surface area contributed by atoms with Gasteiger partial charge in [-0.05, 0) is 66.1 Å². The van der Waals surface area contributed by atoms with E-state index in [9.17, 15) is 28.1 Å². The van der Waals surface area contributed by atoms with Crippen LogP contribution in [0.15, 0.2) is 76.5 Å². The van der Waals surface area contributed by atoms with Crippen LogP contribution in [0.25, 0.3) is 6.08 Å². The Balaban J connectivity index is 1.48. The van der Waals surface area contributed by atoms with Crippen LogP contribution >= 0.6 is 11.8 Å². The van der Waals surface area contributed by atoms with Crippen molar-refractivity contribution in [3.63, 3.8) is 0 Å². The van der Waals surface area contributed by atoms with Gasteiger partial charge >= 0.3 is 10.1 Å². The molecule has 0 spiro atoms. The molecule has 1 aliphatic rings. The first kappa shape index (κ1) is 28.8. The molecule has 12 heteroatoms. The third-order valence-electron chi connectivity index (χ3n) is 5.98. The molecule has 208 valence electrons. The first-order chi connectivity index (χ1) is 19.0. The fourth-order valence-electron chi connectivity index (χ4n) is 3.90. The van der Waals surface area contributed by atoms with E-state index in [4.69, 9.17) is 8.92 Å². The number of aryl methyl sites for hydroxylation is 1. The van der Waals surface area contributed by atoms with E-state index in [0.29, 0.717) is 5.75 Å². The molecule has 0 saturated carbocycles. The maximum Gasteiger partial charge on any atom is 0.339 e. The normalized spacial score (nSPS) is 14.7. The number of hydrogen-bond acceptors (Lipinski definition) is 9. The highest BCUT2D eigenvalue weighted by Crippen LogP contribution is 2.35. The minimum absolute atomic E-state index is 0.0418. The van der Waals surface area contributed by atoms with Gasteiger partial charge in [-0.25, -0.2) is 0 Å². The molecule has 40 heavy (non-hydrogen) atoms. The molecule has 0 bridgehead atoms. The fourth-order valence-corrected chi connectivity index (χ4v) is 5.71. The maximum absolute atomic E-state index is 13.0. The lowest BCUT2D eigenvalue weighted by molar-refractivity contribution is -0.384. The van der Waals surface area contributed by atoms with Crippen molar-refractivity contribution in [1.82, 2.24) is 4.90 Å². The second kappa shape index (κ2) is 11.9. The van der Waals surface area contributed by atoms with Gasteiger partial charge in [0.25, 0.3) is 16.8 Å². The van der Waals surface area contributed by atoms with Crippen molar-refractivity contribution in [3.05, 3.63) is 98.4 Å². The molecule has 1 aliphatic heterocycles. The van der Waals surface area contributed by atoms with Crippen LogP contribution in [0.3, 0.4) is 0 Å². The molecule has 0 unspecified atom stereocenters. The smallest absolute Gasteiger partial charge is 0.339 e. The van der Waals surface area contributed by atoms with E-state index >= 15 is 0 Å². The Labute approximate surface area is 235 Å². The molecule has 0 radical (unpaired) electrons. The number of ether oxygens (including phenoxy) is 1. The van der Waals surface area contributed by atoms with Crippen LogP contribution in [0.4, 0.5) is 10.5 Å². The average Bonchev–Trinajstić information content (AvgIpc) is 3.17. The number of rotatable bonds is 10. The summed E-state index contributed by atoms with van der Waals surface area (Å²) >= 11 is 0.735. The molecule has 2 amide bonds. The van der Waals surface area contributed by atoms with E-state index in [0.717, 1.165) is 52.1 Å². The lowest BCUT2D eigenvalue weighted by Crippen LogP contribution is -2.32. The van der Waals surface area contributed by atoms with E-state index in [1.807, 2.05) is 25.1 Å². The van der Waals surface area contributed by atoms with Gasteiger partial charge in [-0.1, -0.05) is 44.2 Å². The fraction of sp³-hybridized carbons (Fsp3) is 0.214. The Hall–Kier alpha value is -4.16. The van der Waals surface area contributed by atoms with E-state index in [1.54, 1.807) is 18.2 Å². The Morgan fingerprint density at radius 3 is 2.40 bits per heavy atom. The molecule has 0 N–H and O–H groups in total. The van der Waals surface area contributed by atoms with Gasteiger partial charge in [-0.2, -0.15) is 8.42 Å². The number of amides is 2. The first-order valence-electron chi connectivity index (χ1n) is 12.2. The van der Waals surface area contributed by atoms with Crippen molar-refractivity contribution in [2.75, 3.05) is 13.2 Å². The summed E-state index contributed by atoms with van der Waals surface area (Å²) in [6.07, 6.45) is 1.39. The summed E-state index contributed by atoms with van der Waals surface area (Å²) in [5.41, 5.74) is 2.06. The number of nitrogens with zero attached hydrogens (tertiary/aromatic N) is 2. The molecule has 0 aliphatic carbocycles. The van der Waals surface area contributed by atoms with E-state index < -0.39 is 26.2 Å². The van der Waals surface area contributed by atoms with Gasteiger partial charge in [0.05, 0.1) is 16.4 Å². The van der Waals surface area contributed by atoms with Crippen LogP contribution in [0, 0.1) is 17.0 Å². The number of thioether (sulfide) groups is 1. The lowest BCUT2D eigenvalue weighted by Gasteiger charge is -2.17. The number of nitro benzene ring substituents is 1. The van der Waals surface area contributed by atoms with Crippen LogP contribution < -0.4 is 8.92 Å². The van der Waals surface area contributed by atoms with Gasteiger partial charge < -0.3 is 8.92 Å². The Bertz CT molecular complexity index is 1600. The highest BCUT2D eigenvalue weighted by atomic mass is 32.2. The van der Waals surface area contributed by atoms with Crippen molar-refractivity contribution in [1.29, 1.82) is 0 Å². The number of imide groups is 1. The lowest BCUT2D eigenvalue weighted by atomic mass is 10.0. The zero-order valence-electron chi connectivity index (χ0n) is 21.9. The van der Waals surface area contributed by atoms with Crippen molar-refractivity contribution >= 4 is 44.8 Å². The quantitative estimate of drug-likeness (QED) is 0.124. The molecule has 1 saturated heterocycles. The van der Waals surface area contributed by atoms with Crippen molar-refractivity contribution in [2.45, 2.75) is 31.6 Å². The molecule has 3 aromatic rings. The molecular formula is C28H26N2O8S2. The molecule has 1 fully saturated rings. The SMILES string of the molecule is Cc1ccc(C(C)C)c(OCCN2C(=O)S/C(=C\c3ccccc3OS(=O)(=O)c3ccc([N+](=O)[O-])cc3)C2=O)c1. The molecule has 4 rings (SSSR count). The highest BCUT2D eigenvalue weighted by molar-refractivity contribution is 8.18. The van der Waals surface area contributed by atoms with Gasteiger partial charge in [-0.3, -0.25) is 24.6 Å². The number of para-hydroxylation sites is 1. The van der Waals surface area contributed by atoms with Crippen LogP contribution in [0.2, 0.25) is 0 Å². The summed E-state index contributed by atoms with van der Waals surface area (Å²) in [4.78, 5) is 36.8. The van der Waals surface area contributed by atoms with Crippen molar-refractivity contribution in [3.8, 4) is 11.5 Å². The Kier molecular flexibility index (Phi) is 8.60. The van der Waals surface area contributed by atoms with E-state index in [-0.39, 0.29) is 45.9 Å². The maximum atomic E-state index is 13.0. The number of non-ortho nitro benzene ring substituents is 1. The minimum atomic E-state index is -4.34. The Morgan fingerprint density at radius 2 is 1.73 bits per heavy atom. The summed E-state index contributed by atoms with van der Waals surface area (Å²) in [6, 6.07) is 16.3. The van der Waals surface area contributed by atoms with Gasteiger partial charge in [0.2, 0.25) is 0 Å². The number of carbonyl (C=O) groups is 2. The average molecular weight is 583 g/mol. The molecule has 3 aromatic carbocycles. The topological polar surface area (TPSA) is 133 Å². The summed E-state index contributed by atoms with van der Waals surface area (Å²) in [7, 11) is -4.34. The zero-order valence-corrected chi connectivity index (χ0v) is 23.5. The first-order valence-corrected chi connectivity index (χ1v) is 14.5. The molecule has 10 nitrogen and oxygen atoms in total. The molecular weight excluding hydrogens is 556 g/mol.